The van der Waals surface area contributed by atoms with Crippen molar-refractivity contribution >= 4 is 12.0 Å². The van der Waals surface area contributed by atoms with E-state index in [1.54, 1.807) is 0 Å². The third kappa shape index (κ3) is 5.06. The number of carbonyl (C=O) groups excluding carboxylic acids is 1. The minimum absolute atomic E-state index is 0.311. The molecule has 0 aromatic carbocycles. The van der Waals surface area contributed by atoms with E-state index >= 15 is 0 Å². The van der Waals surface area contributed by atoms with E-state index in [2.05, 4.69) is 17.6 Å². The Bertz CT molecular complexity index is 301. The van der Waals surface area contributed by atoms with Crippen LogP contribution in [0.2, 0.25) is 0 Å². The van der Waals surface area contributed by atoms with E-state index in [4.69, 9.17) is 4.74 Å². The fraction of sp³-hybridized carbons (Fsp3) is 0.846. The second kappa shape index (κ2) is 7.99. The minimum Gasteiger partial charge on any atom is -0.480 e. The summed E-state index contributed by atoms with van der Waals surface area (Å²) >= 11 is 0. The van der Waals surface area contributed by atoms with Crippen molar-refractivity contribution in [3.05, 3.63) is 0 Å². The minimum atomic E-state index is -1.17. The predicted molar refractivity (Wildman–Crippen MR) is 71.1 cm³/mol. The van der Waals surface area contributed by atoms with Crippen molar-refractivity contribution in [1.82, 2.24) is 10.6 Å². The first kappa shape index (κ1) is 15.8. The molecule has 0 saturated carbocycles. The van der Waals surface area contributed by atoms with Gasteiger partial charge in [-0.15, -0.1) is 0 Å². The summed E-state index contributed by atoms with van der Waals surface area (Å²) in [4.78, 5) is 23.1. The van der Waals surface area contributed by atoms with Crippen molar-refractivity contribution in [3.63, 3.8) is 0 Å². The number of nitrogens with one attached hydrogen (secondary N) is 2. The summed E-state index contributed by atoms with van der Waals surface area (Å²) in [7, 11) is 0. The summed E-state index contributed by atoms with van der Waals surface area (Å²) in [5.74, 6) is -0.989. The number of urea groups is 1. The zero-order chi connectivity index (χ0) is 14.1. The summed E-state index contributed by atoms with van der Waals surface area (Å²) in [6.07, 6.45) is 4.92. The number of unbranched alkanes of at least 4 members (excludes halogenated alkanes) is 3. The van der Waals surface area contributed by atoms with Crippen LogP contribution in [0, 0.1) is 0 Å². The van der Waals surface area contributed by atoms with E-state index in [1.807, 2.05) is 0 Å². The molecule has 0 bridgehead atoms. The van der Waals surface area contributed by atoms with Gasteiger partial charge in [-0.1, -0.05) is 26.2 Å². The molecule has 1 heterocycles. The highest BCUT2D eigenvalue weighted by molar-refractivity contribution is 5.86. The van der Waals surface area contributed by atoms with Gasteiger partial charge < -0.3 is 20.5 Å². The van der Waals surface area contributed by atoms with Crippen LogP contribution >= 0.6 is 0 Å². The fourth-order valence-corrected chi connectivity index (χ4v) is 2.13. The summed E-state index contributed by atoms with van der Waals surface area (Å²) in [5.41, 5.74) is -1.17. The molecule has 1 saturated heterocycles. The van der Waals surface area contributed by atoms with Gasteiger partial charge in [-0.05, 0) is 6.42 Å². The van der Waals surface area contributed by atoms with Crippen LogP contribution in [0.25, 0.3) is 0 Å². The lowest BCUT2D eigenvalue weighted by Gasteiger charge is -2.33. The molecule has 0 aromatic rings. The highest BCUT2D eigenvalue weighted by Crippen LogP contribution is 2.20. The van der Waals surface area contributed by atoms with Crippen LogP contribution in [0.3, 0.4) is 0 Å². The Hall–Kier alpha value is -1.30. The number of carboxylic acid groups (broad SMARTS) is 1. The first-order valence-electron chi connectivity index (χ1n) is 6.98. The van der Waals surface area contributed by atoms with Gasteiger partial charge in [0, 0.05) is 32.6 Å². The van der Waals surface area contributed by atoms with Gasteiger partial charge >= 0.3 is 12.0 Å². The van der Waals surface area contributed by atoms with E-state index in [1.165, 1.54) is 0 Å². The predicted octanol–water partition coefficient (Wildman–Crippen LogP) is 1.50. The van der Waals surface area contributed by atoms with Gasteiger partial charge in [0.25, 0.3) is 0 Å². The van der Waals surface area contributed by atoms with Crippen molar-refractivity contribution < 1.29 is 19.4 Å². The molecule has 1 fully saturated rings. The molecule has 110 valence electrons. The molecule has 3 N–H and O–H groups in total. The highest BCUT2D eigenvalue weighted by Gasteiger charge is 2.41. The monoisotopic (exact) mass is 272 g/mol. The van der Waals surface area contributed by atoms with Gasteiger partial charge in [0.15, 0.2) is 0 Å². The molecule has 1 aliphatic heterocycles. The number of amides is 2. The number of carboxylic acids is 1. The number of aliphatic carboxylic acids is 1. The van der Waals surface area contributed by atoms with E-state index in [0.29, 0.717) is 32.6 Å². The van der Waals surface area contributed by atoms with Crippen LogP contribution < -0.4 is 10.6 Å². The Morgan fingerprint density at radius 3 is 2.47 bits per heavy atom. The van der Waals surface area contributed by atoms with E-state index in [-0.39, 0.29) is 0 Å². The molecule has 1 rings (SSSR count). The SMILES string of the molecule is CCCCCCNC(=O)NC1(C(=O)O)CCOCC1. The molecule has 0 atom stereocenters. The largest absolute Gasteiger partial charge is 0.480 e. The number of hydrogen-bond acceptors (Lipinski definition) is 3. The molecule has 6 heteroatoms. The second-order valence-corrected chi connectivity index (χ2v) is 4.94. The maximum atomic E-state index is 11.7. The molecule has 0 radical (unpaired) electrons. The van der Waals surface area contributed by atoms with Gasteiger partial charge in [0.05, 0.1) is 0 Å². The lowest BCUT2D eigenvalue weighted by atomic mass is 9.90. The van der Waals surface area contributed by atoms with Gasteiger partial charge in [-0.25, -0.2) is 9.59 Å². The maximum Gasteiger partial charge on any atom is 0.329 e. The summed E-state index contributed by atoms with van der Waals surface area (Å²) < 4.78 is 5.15. The van der Waals surface area contributed by atoms with Crippen molar-refractivity contribution in [1.29, 1.82) is 0 Å². The van der Waals surface area contributed by atoms with Gasteiger partial charge in [0.1, 0.15) is 5.54 Å². The molecule has 0 spiro atoms. The highest BCUT2D eigenvalue weighted by atomic mass is 16.5. The third-order valence-corrected chi connectivity index (χ3v) is 3.42. The molecule has 1 aliphatic rings. The lowest BCUT2D eigenvalue weighted by molar-refractivity contribution is -0.148. The van der Waals surface area contributed by atoms with Gasteiger partial charge in [-0.2, -0.15) is 0 Å². The molecule has 6 nitrogen and oxygen atoms in total. The van der Waals surface area contributed by atoms with Crippen LogP contribution in [-0.2, 0) is 9.53 Å². The van der Waals surface area contributed by atoms with Crippen LogP contribution in [0.5, 0.6) is 0 Å². The second-order valence-electron chi connectivity index (χ2n) is 4.94. The number of hydrogen-bond donors (Lipinski definition) is 3. The van der Waals surface area contributed by atoms with Gasteiger partial charge in [-0.3, -0.25) is 0 Å². The Labute approximate surface area is 113 Å². The van der Waals surface area contributed by atoms with Crippen molar-refractivity contribution in [2.75, 3.05) is 19.8 Å². The zero-order valence-corrected chi connectivity index (χ0v) is 11.5. The fourth-order valence-electron chi connectivity index (χ4n) is 2.13. The van der Waals surface area contributed by atoms with Crippen molar-refractivity contribution in [2.24, 2.45) is 0 Å². The molecule has 0 aliphatic carbocycles. The Morgan fingerprint density at radius 1 is 1.21 bits per heavy atom. The average Bonchev–Trinajstić information content (AvgIpc) is 2.39. The molecule has 0 aromatic heterocycles. The van der Waals surface area contributed by atoms with Crippen molar-refractivity contribution in [3.8, 4) is 0 Å². The quantitative estimate of drug-likeness (QED) is 0.613. The number of carbonyl (C=O) groups is 2. The Morgan fingerprint density at radius 2 is 1.89 bits per heavy atom. The van der Waals surface area contributed by atoms with Crippen LogP contribution in [0.4, 0.5) is 4.79 Å². The van der Waals surface area contributed by atoms with Crippen LogP contribution in [0.15, 0.2) is 0 Å². The standard InChI is InChI=1S/C13H24N2O4/c1-2-3-4-5-8-14-12(18)15-13(11(16)17)6-9-19-10-7-13/h2-10H2,1H3,(H,16,17)(H2,14,15,18). The Balaban J connectivity index is 2.33. The first-order chi connectivity index (χ1) is 9.10. The third-order valence-electron chi connectivity index (χ3n) is 3.42. The van der Waals surface area contributed by atoms with Gasteiger partial charge in [0.2, 0.25) is 0 Å². The smallest absolute Gasteiger partial charge is 0.329 e. The summed E-state index contributed by atoms with van der Waals surface area (Å²) in [6.45, 7) is 3.44. The lowest BCUT2D eigenvalue weighted by Crippen LogP contribution is -2.59. The average molecular weight is 272 g/mol. The number of ether oxygens (including phenoxy) is 1. The zero-order valence-electron chi connectivity index (χ0n) is 11.5. The normalized spacial score (nSPS) is 17.7. The molecular formula is C13H24N2O4. The first-order valence-corrected chi connectivity index (χ1v) is 6.98. The van der Waals surface area contributed by atoms with Crippen LogP contribution in [0.1, 0.15) is 45.4 Å². The summed E-state index contributed by atoms with van der Waals surface area (Å²) in [5, 5.41) is 14.6. The molecule has 0 unspecified atom stereocenters. The number of rotatable bonds is 7. The topological polar surface area (TPSA) is 87.7 Å². The summed E-state index contributed by atoms with van der Waals surface area (Å²) in [6, 6.07) is -0.402. The van der Waals surface area contributed by atoms with E-state index < -0.39 is 17.5 Å². The molecular weight excluding hydrogens is 248 g/mol. The molecule has 2 amide bonds. The van der Waals surface area contributed by atoms with Crippen LogP contribution in [-0.4, -0.2) is 42.4 Å². The van der Waals surface area contributed by atoms with E-state index in [0.717, 1.165) is 25.7 Å². The Kier molecular flexibility index (Phi) is 6.62. The van der Waals surface area contributed by atoms with Crippen molar-refractivity contribution in [2.45, 2.75) is 51.0 Å². The van der Waals surface area contributed by atoms with E-state index in [9.17, 15) is 14.7 Å². The molecule has 19 heavy (non-hydrogen) atoms. The maximum absolute atomic E-state index is 11.7.